The van der Waals surface area contributed by atoms with Crippen LogP contribution in [0.2, 0.25) is 0 Å². The Labute approximate surface area is 150 Å². The lowest BCUT2D eigenvalue weighted by molar-refractivity contribution is -0.132. The number of halogens is 2. The van der Waals surface area contributed by atoms with Gasteiger partial charge in [0, 0.05) is 49.8 Å². The van der Waals surface area contributed by atoms with E-state index in [-0.39, 0.29) is 12.4 Å². The SMILES string of the molecule is Cl.O=C(CC1CSCCN1)N1CCC(n2cc(Br)cn2)CC1. The van der Waals surface area contributed by atoms with E-state index in [2.05, 4.69) is 26.3 Å². The van der Waals surface area contributed by atoms with Crippen LogP contribution in [-0.2, 0) is 4.79 Å². The molecule has 1 aromatic rings. The molecule has 3 rings (SSSR count). The topological polar surface area (TPSA) is 50.2 Å². The summed E-state index contributed by atoms with van der Waals surface area (Å²) in [6.45, 7) is 2.72. The van der Waals surface area contributed by atoms with Crippen molar-refractivity contribution in [3.63, 3.8) is 0 Å². The molecular formula is C14H22BrClN4OS. The number of nitrogens with one attached hydrogen (secondary N) is 1. The van der Waals surface area contributed by atoms with E-state index in [0.717, 1.165) is 48.5 Å². The smallest absolute Gasteiger partial charge is 0.224 e. The average Bonchev–Trinajstić information content (AvgIpc) is 2.95. The molecule has 0 aromatic carbocycles. The van der Waals surface area contributed by atoms with Gasteiger partial charge in [0.25, 0.3) is 0 Å². The number of piperidine rings is 1. The first-order valence-corrected chi connectivity index (χ1v) is 9.45. The van der Waals surface area contributed by atoms with Gasteiger partial charge in [0.2, 0.25) is 5.91 Å². The van der Waals surface area contributed by atoms with Gasteiger partial charge in [0.1, 0.15) is 0 Å². The Balaban J connectivity index is 0.00000176. The molecule has 0 spiro atoms. The van der Waals surface area contributed by atoms with Gasteiger partial charge in [-0.3, -0.25) is 9.48 Å². The van der Waals surface area contributed by atoms with Crippen LogP contribution >= 0.6 is 40.1 Å². The summed E-state index contributed by atoms with van der Waals surface area (Å²) in [6, 6.07) is 0.778. The Bertz CT molecular complexity index is 487. The summed E-state index contributed by atoms with van der Waals surface area (Å²) >= 11 is 5.37. The number of amides is 1. The molecule has 5 nitrogen and oxygen atoms in total. The number of carbonyl (C=O) groups is 1. The van der Waals surface area contributed by atoms with Crippen LogP contribution in [0.15, 0.2) is 16.9 Å². The van der Waals surface area contributed by atoms with Crippen LogP contribution < -0.4 is 5.32 Å². The van der Waals surface area contributed by atoms with Gasteiger partial charge in [0.05, 0.1) is 16.7 Å². The summed E-state index contributed by atoms with van der Waals surface area (Å²) in [6.07, 6.45) is 6.47. The Morgan fingerprint density at radius 1 is 1.45 bits per heavy atom. The predicted octanol–water partition coefficient (Wildman–Crippen LogP) is 2.33. The number of rotatable bonds is 3. The van der Waals surface area contributed by atoms with Gasteiger partial charge in [0.15, 0.2) is 0 Å². The van der Waals surface area contributed by atoms with E-state index >= 15 is 0 Å². The van der Waals surface area contributed by atoms with Crippen molar-refractivity contribution in [2.45, 2.75) is 31.3 Å². The Kier molecular flexibility index (Phi) is 7.05. The van der Waals surface area contributed by atoms with E-state index < -0.39 is 0 Å². The van der Waals surface area contributed by atoms with Crippen LogP contribution in [0.4, 0.5) is 0 Å². The van der Waals surface area contributed by atoms with E-state index in [1.54, 1.807) is 0 Å². The zero-order valence-corrected chi connectivity index (χ0v) is 15.6. The molecule has 2 saturated heterocycles. The molecule has 8 heteroatoms. The number of hydrogen-bond donors (Lipinski definition) is 1. The number of aromatic nitrogens is 2. The molecule has 2 aliphatic rings. The van der Waals surface area contributed by atoms with Crippen molar-refractivity contribution in [3.8, 4) is 0 Å². The van der Waals surface area contributed by atoms with Crippen molar-refractivity contribution < 1.29 is 4.79 Å². The third kappa shape index (κ3) is 4.63. The molecule has 22 heavy (non-hydrogen) atoms. The van der Waals surface area contributed by atoms with E-state index in [0.29, 0.717) is 24.4 Å². The van der Waals surface area contributed by atoms with Crippen molar-refractivity contribution >= 4 is 46.0 Å². The predicted molar refractivity (Wildman–Crippen MR) is 95.8 cm³/mol. The molecule has 1 aromatic heterocycles. The zero-order valence-electron chi connectivity index (χ0n) is 12.4. The van der Waals surface area contributed by atoms with Crippen molar-refractivity contribution in [1.29, 1.82) is 0 Å². The van der Waals surface area contributed by atoms with Gasteiger partial charge in [-0.15, -0.1) is 12.4 Å². The minimum absolute atomic E-state index is 0. The molecule has 1 atom stereocenters. The third-order valence-electron chi connectivity index (χ3n) is 4.18. The summed E-state index contributed by atoms with van der Waals surface area (Å²) in [5, 5.41) is 7.80. The molecule has 0 radical (unpaired) electrons. The highest BCUT2D eigenvalue weighted by Crippen LogP contribution is 2.24. The van der Waals surface area contributed by atoms with Gasteiger partial charge in [-0.05, 0) is 28.8 Å². The van der Waals surface area contributed by atoms with Crippen molar-refractivity contribution in [2.24, 2.45) is 0 Å². The second-order valence-corrected chi connectivity index (χ2v) is 7.75. The van der Waals surface area contributed by atoms with Crippen LogP contribution in [-0.4, -0.2) is 57.8 Å². The molecule has 1 unspecified atom stereocenters. The quantitative estimate of drug-likeness (QED) is 0.832. The van der Waals surface area contributed by atoms with E-state index in [1.165, 1.54) is 0 Å². The third-order valence-corrected chi connectivity index (χ3v) is 5.72. The fourth-order valence-corrected chi connectivity index (χ4v) is 4.24. The number of nitrogens with zero attached hydrogens (tertiary/aromatic N) is 3. The van der Waals surface area contributed by atoms with Crippen molar-refractivity contribution in [1.82, 2.24) is 20.0 Å². The molecule has 2 aliphatic heterocycles. The summed E-state index contributed by atoms with van der Waals surface area (Å²) < 4.78 is 3.03. The first-order chi connectivity index (χ1) is 10.2. The summed E-state index contributed by atoms with van der Waals surface area (Å²) in [4.78, 5) is 14.4. The van der Waals surface area contributed by atoms with Gasteiger partial charge < -0.3 is 10.2 Å². The summed E-state index contributed by atoms with van der Waals surface area (Å²) in [7, 11) is 0. The molecule has 1 amide bonds. The average molecular weight is 410 g/mol. The lowest BCUT2D eigenvalue weighted by Gasteiger charge is -2.33. The van der Waals surface area contributed by atoms with E-state index in [1.807, 2.05) is 33.7 Å². The molecule has 1 N–H and O–H groups in total. The second kappa shape index (κ2) is 8.57. The number of thioether (sulfide) groups is 1. The maximum atomic E-state index is 12.4. The monoisotopic (exact) mass is 408 g/mol. The van der Waals surface area contributed by atoms with E-state index in [4.69, 9.17) is 0 Å². The highest BCUT2D eigenvalue weighted by molar-refractivity contribution is 9.10. The molecule has 0 bridgehead atoms. The second-order valence-electron chi connectivity index (χ2n) is 5.68. The van der Waals surface area contributed by atoms with Crippen molar-refractivity contribution in [3.05, 3.63) is 16.9 Å². The molecule has 3 heterocycles. The first-order valence-electron chi connectivity index (χ1n) is 7.51. The highest BCUT2D eigenvalue weighted by atomic mass is 79.9. The number of likely N-dealkylation sites (tertiary alicyclic amines) is 1. The molecular weight excluding hydrogens is 388 g/mol. The Morgan fingerprint density at radius 3 is 2.82 bits per heavy atom. The van der Waals surface area contributed by atoms with Gasteiger partial charge in [-0.2, -0.15) is 16.9 Å². The molecule has 0 saturated carbocycles. The van der Waals surface area contributed by atoms with Crippen LogP contribution in [0.3, 0.4) is 0 Å². The first kappa shape index (κ1) is 18.1. The standard InChI is InChI=1S/C14H21BrN4OS.ClH/c15-11-8-17-19(9-11)13-1-4-18(5-2-13)14(20)7-12-10-21-6-3-16-12;/h8-9,12-13,16H,1-7,10H2;1H. The van der Waals surface area contributed by atoms with Crippen molar-refractivity contribution in [2.75, 3.05) is 31.1 Å². The van der Waals surface area contributed by atoms with Crippen LogP contribution in [0.25, 0.3) is 0 Å². The van der Waals surface area contributed by atoms with Gasteiger partial charge in [-0.1, -0.05) is 0 Å². The molecule has 2 fully saturated rings. The minimum Gasteiger partial charge on any atom is -0.342 e. The maximum absolute atomic E-state index is 12.4. The lowest BCUT2D eigenvalue weighted by atomic mass is 10.0. The van der Waals surface area contributed by atoms with Crippen LogP contribution in [0, 0.1) is 0 Å². The fraction of sp³-hybridized carbons (Fsp3) is 0.714. The van der Waals surface area contributed by atoms with Crippen LogP contribution in [0.5, 0.6) is 0 Å². The fourth-order valence-electron chi connectivity index (χ4n) is 2.99. The van der Waals surface area contributed by atoms with E-state index in [9.17, 15) is 4.79 Å². The van der Waals surface area contributed by atoms with Crippen LogP contribution in [0.1, 0.15) is 25.3 Å². The Hall–Kier alpha value is -0.240. The molecule has 0 aliphatic carbocycles. The Morgan fingerprint density at radius 2 is 2.23 bits per heavy atom. The maximum Gasteiger partial charge on any atom is 0.224 e. The number of hydrogen-bond acceptors (Lipinski definition) is 4. The minimum atomic E-state index is 0. The number of carbonyl (C=O) groups excluding carboxylic acids is 1. The summed E-state index contributed by atoms with van der Waals surface area (Å²) in [5.41, 5.74) is 0. The van der Waals surface area contributed by atoms with Gasteiger partial charge in [-0.25, -0.2) is 0 Å². The molecule has 124 valence electrons. The highest BCUT2D eigenvalue weighted by Gasteiger charge is 2.26. The lowest BCUT2D eigenvalue weighted by Crippen LogP contribution is -2.45. The largest absolute Gasteiger partial charge is 0.342 e. The van der Waals surface area contributed by atoms with Gasteiger partial charge >= 0.3 is 0 Å². The normalized spacial score (nSPS) is 23.1. The summed E-state index contributed by atoms with van der Waals surface area (Å²) in [5.74, 6) is 2.52. The zero-order chi connectivity index (χ0) is 14.7.